The van der Waals surface area contributed by atoms with E-state index in [0.29, 0.717) is 11.8 Å². The molecule has 1 aromatic carbocycles. The summed E-state index contributed by atoms with van der Waals surface area (Å²) < 4.78 is 7.87. The van der Waals surface area contributed by atoms with Gasteiger partial charge in [-0.1, -0.05) is 11.6 Å². The number of hydrogen-bond donors (Lipinski definition) is 0. The number of fused-ring (bicyclic) bond motifs is 1. The van der Waals surface area contributed by atoms with Crippen LogP contribution in [-0.2, 0) is 17.7 Å². The average Bonchev–Trinajstić information content (AvgIpc) is 2.77. The zero-order valence-corrected chi connectivity index (χ0v) is 12.8. The monoisotopic (exact) mass is 312 g/mol. The van der Waals surface area contributed by atoms with Crippen LogP contribution in [0.15, 0.2) is 18.2 Å². The van der Waals surface area contributed by atoms with Gasteiger partial charge in [-0.3, -0.25) is 0 Å². The molecule has 0 aliphatic carbocycles. The first-order valence-electron chi connectivity index (χ1n) is 7.06. The van der Waals surface area contributed by atoms with Gasteiger partial charge in [0.15, 0.2) is 0 Å². The fourth-order valence-corrected chi connectivity index (χ4v) is 3.18. The van der Waals surface area contributed by atoms with Crippen molar-refractivity contribution >= 4 is 34.2 Å². The Labute approximate surface area is 128 Å². The molecule has 0 N–H and O–H groups in total. The number of rotatable bonds is 4. The molecule has 2 heterocycles. The van der Waals surface area contributed by atoms with E-state index in [4.69, 9.17) is 27.9 Å². The Morgan fingerprint density at radius 3 is 3.05 bits per heavy atom. The molecule has 3 rings (SSSR count). The van der Waals surface area contributed by atoms with Crippen LogP contribution in [0, 0.1) is 5.92 Å². The smallest absolute Gasteiger partial charge is 0.111 e. The molecule has 0 radical (unpaired) electrons. The number of alkyl halides is 1. The molecular weight excluding hydrogens is 295 g/mol. The van der Waals surface area contributed by atoms with Crippen molar-refractivity contribution in [1.29, 1.82) is 0 Å². The topological polar surface area (TPSA) is 27.1 Å². The number of halogens is 2. The second-order valence-corrected chi connectivity index (χ2v) is 6.11. The molecule has 1 aliphatic rings. The number of aromatic nitrogens is 2. The SMILES string of the molecule is ClCCc1nc2cc(Cl)ccc2n1CC1CCCOC1. The average molecular weight is 313 g/mol. The number of ether oxygens (including phenoxy) is 1. The molecule has 1 fully saturated rings. The van der Waals surface area contributed by atoms with E-state index in [2.05, 4.69) is 9.55 Å². The number of nitrogens with zero attached hydrogens (tertiary/aromatic N) is 2. The van der Waals surface area contributed by atoms with Gasteiger partial charge < -0.3 is 9.30 Å². The standard InChI is InChI=1S/C15H18Cl2N2O/c16-6-5-15-18-13-8-12(17)3-4-14(13)19(15)9-11-2-1-7-20-10-11/h3-4,8,11H,1-2,5-7,9-10H2. The highest BCUT2D eigenvalue weighted by molar-refractivity contribution is 6.31. The van der Waals surface area contributed by atoms with Gasteiger partial charge in [-0.2, -0.15) is 0 Å². The fraction of sp³-hybridized carbons (Fsp3) is 0.533. The molecule has 0 amide bonds. The molecule has 0 saturated carbocycles. The summed E-state index contributed by atoms with van der Waals surface area (Å²) in [5.74, 6) is 2.19. The normalized spacial score (nSPS) is 19.6. The second kappa shape index (κ2) is 6.33. The summed E-state index contributed by atoms with van der Waals surface area (Å²) in [6.45, 7) is 2.68. The van der Waals surface area contributed by atoms with Gasteiger partial charge in [0, 0.05) is 36.4 Å². The number of benzene rings is 1. The van der Waals surface area contributed by atoms with Crippen LogP contribution in [0.3, 0.4) is 0 Å². The maximum Gasteiger partial charge on any atom is 0.111 e. The molecule has 1 unspecified atom stereocenters. The molecule has 3 nitrogen and oxygen atoms in total. The molecule has 0 spiro atoms. The zero-order valence-electron chi connectivity index (χ0n) is 11.3. The molecule has 1 aliphatic heterocycles. The Kier molecular flexibility index (Phi) is 4.49. The first kappa shape index (κ1) is 14.2. The van der Waals surface area contributed by atoms with Gasteiger partial charge in [-0.05, 0) is 31.0 Å². The summed E-state index contributed by atoms with van der Waals surface area (Å²) in [6, 6.07) is 5.89. The lowest BCUT2D eigenvalue weighted by molar-refractivity contribution is 0.0485. The van der Waals surface area contributed by atoms with Gasteiger partial charge in [-0.25, -0.2) is 4.98 Å². The van der Waals surface area contributed by atoms with Crippen molar-refractivity contribution in [2.24, 2.45) is 5.92 Å². The maximum atomic E-state index is 6.05. The van der Waals surface area contributed by atoms with Crippen molar-refractivity contribution in [3.05, 3.63) is 29.0 Å². The van der Waals surface area contributed by atoms with Gasteiger partial charge >= 0.3 is 0 Å². The number of aryl methyl sites for hydroxylation is 1. The predicted molar refractivity (Wildman–Crippen MR) is 82.7 cm³/mol. The van der Waals surface area contributed by atoms with Crippen molar-refractivity contribution in [2.45, 2.75) is 25.8 Å². The fourth-order valence-electron chi connectivity index (χ4n) is 2.84. The van der Waals surface area contributed by atoms with Crippen LogP contribution in [0.25, 0.3) is 11.0 Å². The minimum Gasteiger partial charge on any atom is -0.381 e. The van der Waals surface area contributed by atoms with Crippen LogP contribution in [0.2, 0.25) is 5.02 Å². The summed E-state index contributed by atoms with van der Waals surface area (Å²) >= 11 is 12.0. The Hall–Kier alpha value is -0.770. The zero-order chi connectivity index (χ0) is 13.9. The molecule has 1 atom stereocenters. The quantitative estimate of drug-likeness (QED) is 0.801. The van der Waals surface area contributed by atoms with E-state index >= 15 is 0 Å². The Morgan fingerprint density at radius 1 is 1.40 bits per heavy atom. The Bertz CT molecular complexity index is 591. The molecule has 5 heteroatoms. The van der Waals surface area contributed by atoms with Gasteiger partial charge in [0.25, 0.3) is 0 Å². The van der Waals surface area contributed by atoms with Crippen LogP contribution in [0.1, 0.15) is 18.7 Å². The summed E-state index contributed by atoms with van der Waals surface area (Å²) in [6.07, 6.45) is 3.14. The van der Waals surface area contributed by atoms with Crippen molar-refractivity contribution in [1.82, 2.24) is 9.55 Å². The van der Waals surface area contributed by atoms with Gasteiger partial charge in [-0.15, -0.1) is 11.6 Å². The van der Waals surface area contributed by atoms with Crippen molar-refractivity contribution < 1.29 is 4.74 Å². The van der Waals surface area contributed by atoms with Crippen LogP contribution in [0.5, 0.6) is 0 Å². The van der Waals surface area contributed by atoms with E-state index in [1.165, 1.54) is 6.42 Å². The van der Waals surface area contributed by atoms with Gasteiger partial charge in [0.2, 0.25) is 0 Å². The highest BCUT2D eigenvalue weighted by Gasteiger charge is 2.18. The third-order valence-corrected chi connectivity index (χ3v) is 4.23. The van der Waals surface area contributed by atoms with Crippen molar-refractivity contribution in [3.8, 4) is 0 Å². The maximum absolute atomic E-state index is 6.05. The molecule has 1 saturated heterocycles. The van der Waals surface area contributed by atoms with Crippen LogP contribution < -0.4 is 0 Å². The Morgan fingerprint density at radius 2 is 2.30 bits per heavy atom. The molecular formula is C15H18Cl2N2O. The summed E-state index contributed by atoms with van der Waals surface area (Å²) in [7, 11) is 0. The predicted octanol–water partition coefficient (Wildman–Crippen LogP) is 3.90. The molecule has 1 aromatic heterocycles. The molecule has 20 heavy (non-hydrogen) atoms. The van der Waals surface area contributed by atoms with E-state index in [9.17, 15) is 0 Å². The molecule has 0 bridgehead atoms. The third-order valence-electron chi connectivity index (χ3n) is 3.80. The lowest BCUT2D eigenvalue weighted by atomic mass is 10.0. The number of hydrogen-bond acceptors (Lipinski definition) is 2. The van der Waals surface area contributed by atoms with Crippen molar-refractivity contribution in [2.75, 3.05) is 19.1 Å². The minimum absolute atomic E-state index is 0.561. The Balaban J connectivity index is 1.95. The van der Waals surface area contributed by atoms with Gasteiger partial charge in [0.1, 0.15) is 5.82 Å². The lowest BCUT2D eigenvalue weighted by Crippen LogP contribution is -2.23. The number of imidazole rings is 1. The van der Waals surface area contributed by atoms with E-state index in [1.807, 2.05) is 18.2 Å². The summed E-state index contributed by atoms with van der Waals surface area (Å²) in [5.41, 5.74) is 2.09. The minimum atomic E-state index is 0.561. The van der Waals surface area contributed by atoms with Crippen LogP contribution >= 0.6 is 23.2 Å². The molecule has 108 valence electrons. The second-order valence-electron chi connectivity index (χ2n) is 5.29. The van der Waals surface area contributed by atoms with E-state index in [1.54, 1.807) is 0 Å². The third kappa shape index (κ3) is 2.95. The highest BCUT2D eigenvalue weighted by Crippen LogP contribution is 2.24. The highest BCUT2D eigenvalue weighted by atomic mass is 35.5. The molecule has 2 aromatic rings. The van der Waals surface area contributed by atoms with Crippen LogP contribution in [-0.4, -0.2) is 28.6 Å². The van der Waals surface area contributed by atoms with Crippen molar-refractivity contribution in [3.63, 3.8) is 0 Å². The first-order chi connectivity index (χ1) is 9.78. The van der Waals surface area contributed by atoms with Gasteiger partial charge in [0.05, 0.1) is 17.6 Å². The largest absolute Gasteiger partial charge is 0.381 e. The van der Waals surface area contributed by atoms with E-state index in [-0.39, 0.29) is 0 Å². The first-order valence-corrected chi connectivity index (χ1v) is 7.97. The van der Waals surface area contributed by atoms with E-state index < -0.39 is 0 Å². The summed E-state index contributed by atoms with van der Waals surface area (Å²) in [5, 5.41) is 0.723. The van der Waals surface area contributed by atoms with Crippen LogP contribution in [0.4, 0.5) is 0 Å². The van der Waals surface area contributed by atoms with E-state index in [0.717, 1.165) is 54.5 Å². The summed E-state index contributed by atoms with van der Waals surface area (Å²) in [4.78, 5) is 4.68. The lowest BCUT2D eigenvalue weighted by Gasteiger charge is -2.23.